The van der Waals surface area contributed by atoms with Gasteiger partial charge in [0, 0.05) is 12.1 Å². The van der Waals surface area contributed by atoms with Crippen molar-refractivity contribution in [2.75, 3.05) is 18.7 Å². The van der Waals surface area contributed by atoms with E-state index in [-0.39, 0.29) is 13.6 Å². The van der Waals surface area contributed by atoms with Crippen LogP contribution < -0.4 is 18.9 Å². The van der Waals surface area contributed by atoms with Crippen molar-refractivity contribution in [3.63, 3.8) is 0 Å². The van der Waals surface area contributed by atoms with Gasteiger partial charge in [-0.1, -0.05) is 23.5 Å². The number of ether oxygens (including phenoxy) is 4. The first kappa shape index (κ1) is 18.3. The summed E-state index contributed by atoms with van der Waals surface area (Å²) >= 11 is 2.94. The summed E-state index contributed by atoms with van der Waals surface area (Å²) in [7, 11) is 0. The highest BCUT2D eigenvalue weighted by molar-refractivity contribution is 8.15. The lowest BCUT2D eigenvalue weighted by Gasteiger charge is -2.06. The molecule has 0 saturated heterocycles. The van der Waals surface area contributed by atoms with Gasteiger partial charge in [-0.2, -0.15) is 9.36 Å². The molecule has 0 aliphatic carbocycles. The van der Waals surface area contributed by atoms with E-state index in [2.05, 4.69) is 31.1 Å². The van der Waals surface area contributed by atoms with E-state index in [0.717, 1.165) is 11.4 Å². The Balaban J connectivity index is 1.17. The van der Waals surface area contributed by atoms with E-state index in [1.54, 1.807) is 9.36 Å². The van der Waals surface area contributed by atoms with Crippen LogP contribution in [0, 0.1) is 0 Å². The second kappa shape index (κ2) is 7.63. The lowest BCUT2D eigenvalue weighted by Crippen LogP contribution is -2.00. The molecule has 0 saturated carbocycles. The van der Waals surface area contributed by atoms with Crippen LogP contribution in [0.15, 0.2) is 46.7 Å². The number of thioether (sulfide) groups is 2. The normalized spacial score (nSPS) is 13.7. The molecule has 6 rings (SSSR count). The Labute approximate surface area is 182 Å². The first-order chi connectivity index (χ1) is 15.3. The lowest BCUT2D eigenvalue weighted by atomic mass is 10.3. The number of aromatic nitrogens is 8. The highest BCUT2D eigenvalue weighted by Gasteiger charge is 2.19. The number of benzene rings is 2. The van der Waals surface area contributed by atoms with E-state index in [4.69, 9.17) is 18.9 Å². The maximum Gasteiger partial charge on any atom is 0.231 e. The molecule has 14 heteroatoms. The molecule has 0 N–H and O–H groups in total. The Morgan fingerprint density at radius 1 is 0.677 bits per heavy atom. The molecule has 0 spiro atoms. The van der Waals surface area contributed by atoms with Crippen molar-refractivity contribution >= 4 is 23.5 Å². The predicted octanol–water partition coefficient (Wildman–Crippen LogP) is 1.94. The summed E-state index contributed by atoms with van der Waals surface area (Å²) in [5.41, 5.74) is 1.57. The van der Waals surface area contributed by atoms with Crippen molar-refractivity contribution in [3.8, 4) is 34.4 Å². The van der Waals surface area contributed by atoms with E-state index in [1.807, 2.05) is 36.4 Å². The highest BCUT2D eigenvalue weighted by atomic mass is 32.2. The van der Waals surface area contributed by atoms with Crippen molar-refractivity contribution < 1.29 is 18.9 Å². The van der Waals surface area contributed by atoms with Crippen LogP contribution in [0.2, 0.25) is 0 Å². The van der Waals surface area contributed by atoms with Gasteiger partial charge < -0.3 is 18.9 Å². The molecule has 0 fully saturated rings. The van der Waals surface area contributed by atoms with Gasteiger partial charge in [0.2, 0.25) is 23.9 Å². The van der Waals surface area contributed by atoms with Gasteiger partial charge in [-0.25, -0.2) is 0 Å². The van der Waals surface area contributed by atoms with Gasteiger partial charge >= 0.3 is 0 Å². The monoisotopic (exact) mass is 456 g/mol. The quantitative estimate of drug-likeness (QED) is 0.311. The molecule has 0 unspecified atom stereocenters. The fourth-order valence-corrected chi connectivity index (χ4v) is 4.83. The van der Waals surface area contributed by atoms with Gasteiger partial charge in [0.05, 0.1) is 16.5 Å². The van der Waals surface area contributed by atoms with Crippen molar-refractivity contribution in [1.82, 2.24) is 40.4 Å². The molecule has 0 radical (unpaired) electrons. The maximum atomic E-state index is 5.43. The summed E-state index contributed by atoms with van der Waals surface area (Å²) in [5, 5.41) is 25.8. The van der Waals surface area contributed by atoms with Crippen LogP contribution in [-0.4, -0.2) is 59.1 Å². The molecule has 31 heavy (non-hydrogen) atoms. The van der Waals surface area contributed by atoms with Crippen LogP contribution in [0.4, 0.5) is 0 Å². The van der Waals surface area contributed by atoms with Gasteiger partial charge in [0.25, 0.3) is 0 Å². The van der Waals surface area contributed by atoms with Crippen LogP contribution in [0.3, 0.4) is 0 Å². The van der Waals surface area contributed by atoms with Crippen molar-refractivity contribution in [3.05, 3.63) is 36.4 Å². The number of hydrogen-bond acceptors (Lipinski definition) is 12. The standard InChI is InChI=1S/C17H12N8O4S2/c1-3-12-14(28-7-26-12)5-10(1)24-16(18-20-22-24)30-9-31-17-19-21-23-25(17)11-2-4-13-15(6-11)29-8-27-13/h1-6H,7-9H2. The van der Waals surface area contributed by atoms with Gasteiger partial charge in [0.15, 0.2) is 23.0 Å². The zero-order valence-electron chi connectivity index (χ0n) is 15.6. The summed E-state index contributed by atoms with van der Waals surface area (Å²) in [6.45, 7) is 0.426. The minimum Gasteiger partial charge on any atom is -0.454 e. The van der Waals surface area contributed by atoms with E-state index in [1.165, 1.54) is 23.5 Å². The molecule has 2 aliphatic rings. The summed E-state index contributed by atoms with van der Waals surface area (Å²) in [4.78, 5) is 0. The van der Waals surface area contributed by atoms with Crippen LogP contribution in [0.5, 0.6) is 23.0 Å². The molecule has 0 bridgehead atoms. The largest absolute Gasteiger partial charge is 0.454 e. The molecule has 2 aliphatic heterocycles. The number of fused-ring (bicyclic) bond motifs is 2. The molecule has 2 aromatic carbocycles. The molecule has 4 aromatic rings. The van der Waals surface area contributed by atoms with Crippen LogP contribution >= 0.6 is 23.5 Å². The minimum absolute atomic E-state index is 0.213. The Morgan fingerprint density at radius 2 is 1.16 bits per heavy atom. The molecule has 2 aromatic heterocycles. The van der Waals surface area contributed by atoms with E-state index in [9.17, 15) is 0 Å². The summed E-state index contributed by atoms with van der Waals surface area (Å²) in [6, 6.07) is 11.1. The third-order valence-electron chi connectivity index (χ3n) is 4.46. The average Bonchev–Trinajstić information content (AvgIpc) is 3.59. The molecule has 0 atom stereocenters. The van der Waals surface area contributed by atoms with Gasteiger partial charge in [-0.3, -0.25) is 0 Å². The molecule has 4 heterocycles. The molecule has 0 amide bonds. The first-order valence-electron chi connectivity index (χ1n) is 8.97. The van der Waals surface area contributed by atoms with Gasteiger partial charge in [0.1, 0.15) is 0 Å². The fourth-order valence-electron chi connectivity index (χ4n) is 3.03. The van der Waals surface area contributed by atoms with Crippen molar-refractivity contribution in [1.29, 1.82) is 0 Å². The Kier molecular flexibility index (Phi) is 4.49. The summed E-state index contributed by atoms with van der Waals surface area (Å²) in [6.07, 6.45) is 0. The highest BCUT2D eigenvalue weighted by Crippen LogP contribution is 2.36. The number of rotatable bonds is 6. The van der Waals surface area contributed by atoms with E-state index >= 15 is 0 Å². The third kappa shape index (κ3) is 3.38. The number of nitrogens with zero attached hydrogens (tertiary/aromatic N) is 8. The smallest absolute Gasteiger partial charge is 0.231 e. The molecular weight excluding hydrogens is 444 g/mol. The SMILES string of the molecule is c1cc2c(cc1-n1nnnc1SCSc1nnnn1-c1ccc3c(c1)OCO3)OCO2. The Morgan fingerprint density at radius 3 is 1.68 bits per heavy atom. The zero-order valence-corrected chi connectivity index (χ0v) is 17.2. The second-order valence-corrected chi connectivity index (χ2v) is 8.48. The number of hydrogen-bond donors (Lipinski definition) is 0. The topological polar surface area (TPSA) is 124 Å². The molecule has 12 nitrogen and oxygen atoms in total. The van der Waals surface area contributed by atoms with Crippen molar-refractivity contribution in [2.45, 2.75) is 10.3 Å². The fraction of sp³-hybridized carbons (Fsp3) is 0.176. The first-order valence-corrected chi connectivity index (χ1v) is 10.9. The van der Waals surface area contributed by atoms with Crippen molar-refractivity contribution in [2.24, 2.45) is 0 Å². The Bertz CT molecular complexity index is 1170. The number of tetrazole rings is 2. The molecular formula is C17H12N8O4S2. The van der Waals surface area contributed by atoms with E-state index in [0.29, 0.717) is 38.4 Å². The predicted molar refractivity (Wildman–Crippen MR) is 107 cm³/mol. The molecule has 156 valence electrons. The Hall–Kier alpha value is -3.52. The maximum absolute atomic E-state index is 5.43. The van der Waals surface area contributed by atoms with Crippen LogP contribution in [0.25, 0.3) is 11.4 Å². The average molecular weight is 456 g/mol. The van der Waals surface area contributed by atoms with Gasteiger partial charge in [-0.05, 0) is 45.1 Å². The van der Waals surface area contributed by atoms with Crippen LogP contribution in [0.1, 0.15) is 0 Å². The minimum atomic E-state index is 0.213. The summed E-state index contributed by atoms with van der Waals surface area (Å²) in [5.74, 6) is 2.75. The van der Waals surface area contributed by atoms with Gasteiger partial charge in [-0.15, -0.1) is 10.2 Å². The zero-order chi connectivity index (χ0) is 20.6. The summed E-state index contributed by atoms with van der Waals surface area (Å²) < 4.78 is 24.9. The van der Waals surface area contributed by atoms with Crippen LogP contribution in [-0.2, 0) is 0 Å². The lowest BCUT2D eigenvalue weighted by molar-refractivity contribution is 0.173. The van der Waals surface area contributed by atoms with E-state index < -0.39 is 0 Å². The third-order valence-corrected chi connectivity index (χ3v) is 6.43. The second-order valence-electron chi connectivity index (χ2n) is 6.23.